The van der Waals surface area contributed by atoms with Gasteiger partial charge in [0, 0.05) is 5.69 Å². The van der Waals surface area contributed by atoms with Crippen LogP contribution in [0.15, 0.2) is 47.5 Å². The third-order valence-corrected chi connectivity index (χ3v) is 3.09. The lowest BCUT2D eigenvalue weighted by atomic mass is 10.3. The molecule has 0 amide bonds. The molecule has 3 aromatic rings. The maximum atomic E-state index is 12.2. The summed E-state index contributed by atoms with van der Waals surface area (Å²) in [5.74, 6) is 0.798. The second-order valence-corrected chi connectivity index (χ2v) is 4.62. The van der Waals surface area contributed by atoms with Crippen molar-refractivity contribution in [3.05, 3.63) is 58.8 Å². The van der Waals surface area contributed by atoms with E-state index in [1.165, 1.54) is 0 Å². The van der Waals surface area contributed by atoms with Crippen molar-refractivity contribution in [2.24, 2.45) is 0 Å². The Kier molecular flexibility index (Phi) is 3.25. The lowest BCUT2D eigenvalue weighted by Gasteiger charge is -2.07. The zero-order chi connectivity index (χ0) is 13.9. The maximum Gasteiger partial charge on any atom is 0.262 e. The molecule has 102 valence electrons. The van der Waals surface area contributed by atoms with Crippen molar-refractivity contribution >= 4 is 11.0 Å². The summed E-state index contributed by atoms with van der Waals surface area (Å²) < 4.78 is 7.15. The minimum absolute atomic E-state index is 0.0454. The van der Waals surface area contributed by atoms with E-state index in [4.69, 9.17) is 4.74 Å². The van der Waals surface area contributed by atoms with Gasteiger partial charge in [-0.15, -0.1) is 0 Å². The minimum Gasteiger partial charge on any atom is -0.492 e. The first-order valence-corrected chi connectivity index (χ1v) is 6.46. The van der Waals surface area contributed by atoms with E-state index >= 15 is 0 Å². The Bertz CT molecular complexity index is 775. The summed E-state index contributed by atoms with van der Waals surface area (Å²) in [5.41, 5.74) is 1.52. The van der Waals surface area contributed by atoms with E-state index in [0.29, 0.717) is 24.2 Å². The van der Waals surface area contributed by atoms with Crippen LogP contribution in [0.1, 0.15) is 5.69 Å². The molecule has 1 aromatic carbocycles. The van der Waals surface area contributed by atoms with E-state index in [1.807, 2.05) is 43.3 Å². The quantitative estimate of drug-likeness (QED) is 0.789. The van der Waals surface area contributed by atoms with E-state index in [2.05, 4.69) is 9.97 Å². The number of fused-ring (bicyclic) bond motifs is 1. The highest BCUT2D eigenvalue weighted by Crippen LogP contribution is 2.09. The van der Waals surface area contributed by atoms with Gasteiger partial charge in [0.05, 0.1) is 11.9 Å². The lowest BCUT2D eigenvalue weighted by molar-refractivity contribution is 0.296. The average molecular weight is 269 g/mol. The third-order valence-electron chi connectivity index (χ3n) is 3.09. The molecule has 0 bridgehead atoms. The third kappa shape index (κ3) is 2.42. The van der Waals surface area contributed by atoms with Gasteiger partial charge in [-0.3, -0.25) is 9.36 Å². The van der Waals surface area contributed by atoms with Crippen LogP contribution in [-0.4, -0.2) is 21.1 Å². The van der Waals surface area contributed by atoms with Crippen molar-refractivity contribution < 1.29 is 4.74 Å². The summed E-state index contributed by atoms with van der Waals surface area (Å²) in [4.78, 5) is 19.5. The Balaban J connectivity index is 1.75. The lowest BCUT2D eigenvalue weighted by Crippen LogP contribution is -2.23. The highest BCUT2D eigenvalue weighted by molar-refractivity contribution is 5.74. The smallest absolute Gasteiger partial charge is 0.262 e. The van der Waals surface area contributed by atoms with Crippen LogP contribution in [0.5, 0.6) is 5.75 Å². The highest BCUT2D eigenvalue weighted by atomic mass is 16.5. The largest absolute Gasteiger partial charge is 0.492 e. The topological polar surface area (TPSA) is 59.9 Å². The molecular weight excluding hydrogens is 254 g/mol. The Morgan fingerprint density at radius 2 is 2.10 bits per heavy atom. The average Bonchev–Trinajstić information content (AvgIpc) is 2.84. The second-order valence-electron chi connectivity index (χ2n) is 4.62. The van der Waals surface area contributed by atoms with Crippen molar-refractivity contribution in [2.75, 3.05) is 6.61 Å². The van der Waals surface area contributed by atoms with Gasteiger partial charge in [0.25, 0.3) is 5.56 Å². The number of aromatic nitrogens is 3. The molecule has 0 saturated carbocycles. The molecule has 2 aromatic heterocycles. The van der Waals surface area contributed by atoms with Gasteiger partial charge in [-0.25, -0.2) is 4.98 Å². The van der Waals surface area contributed by atoms with Gasteiger partial charge in [-0.1, -0.05) is 18.2 Å². The molecule has 0 unspecified atom stereocenters. The normalized spacial score (nSPS) is 10.8. The molecule has 0 fully saturated rings. The Morgan fingerprint density at radius 3 is 2.90 bits per heavy atom. The van der Waals surface area contributed by atoms with Gasteiger partial charge in [0.2, 0.25) is 0 Å². The number of benzene rings is 1. The zero-order valence-electron chi connectivity index (χ0n) is 11.2. The first kappa shape index (κ1) is 12.5. The van der Waals surface area contributed by atoms with Crippen molar-refractivity contribution in [1.29, 1.82) is 0 Å². The van der Waals surface area contributed by atoms with Crippen molar-refractivity contribution in [1.82, 2.24) is 14.5 Å². The number of aryl methyl sites for hydroxylation is 1. The van der Waals surface area contributed by atoms with Gasteiger partial charge in [-0.2, -0.15) is 0 Å². The van der Waals surface area contributed by atoms with E-state index in [0.717, 1.165) is 11.4 Å². The van der Waals surface area contributed by atoms with Crippen LogP contribution in [0.25, 0.3) is 11.0 Å². The molecule has 0 aliphatic carbocycles. The van der Waals surface area contributed by atoms with Gasteiger partial charge in [0.1, 0.15) is 24.3 Å². The predicted molar refractivity (Wildman–Crippen MR) is 77.0 cm³/mol. The fourth-order valence-electron chi connectivity index (χ4n) is 2.11. The van der Waals surface area contributed by atoms with Crippen LogP contribution >= 0.6 is 0 Å². The van der Waals surface area contributed by atoms with Crippen LogP contribution < -0.4 is 10.3 Å². The number of H-pyrrole nitrogens is 1. The van der Waals surface area contributed by atoms with Crippen molar-refractivity contribution in [3.63, 3.8) is 0 Å². The molecule has 0 aliphatic rings. The van der Waals surface area contributed by atoms with E-state index < -0.39 is 0 Å². The molecule has 2 heterocycles. The number of rotatable bonds is 4. The molecule has 0 atom stereocenters. The molecule has 5 nitrogen and oxygen atoms in total. The molecule has 0 aliphatic heterocycles. The standard InChI is InChI=1S/C15H15N3O2/c1-11-9-13-14(17-11)16-10-18(15(13)19)7-8-20-12-5-3-2-4-6-12/h2-6,9-10,17H,7-8H2,1H3. The molecule has 5 heteroatoms. The molecule has 0 radical (unpaired) electrons. The fraction of sp³-hybridized carbons (Fsp3) is 0.200. The summed E-state index contributed by atoms with van der Waals surface area (Å²) in [6.07, 6.45) is 1.55. The second kappa shape index (κ2) is 5.21. The zero-order valence-corrected chi connectivity index (χ0v) is 11.2. The summed E-state index contributed by atoms with van der Waals surface area (Å²) in [6, 6.07) is 11.4. The molecule has 0 saturated heterocycles. The van der Waals surface area contributed by atoms with Crippen LogP contribution in [-0.2, 0) is 6.54 Å². The van der Waals surface area contributed by atoms with Gasteiger partial charge in [-0.05, 0) is 25.1 Å². The van der Waals surface area contributed by atoms with E-state index in [9.17, 15) is 4.79 Å². The number of hydrogen-bond acceptors (Lipinski definition) is 3. The number of nitrogens with one attached hydrogen (secondary N) is 1. The molecule has 3 rings (SSSR count). The summed E-state index contributed by atoms with van der Waals surface area (Å²) in [5, 5.41) is 0.615. The number of aromatic amines is 1. The number of nitrogens with zero attached hydrogens (tertiary/aromatic N) is 2. The highest BCUT2D eigenvalue weighted by Gasteiger charge is 2.06. The van der Waals surface area contributed by atoms with E-state index in [1.54, 1.807) is 10.9 Å². The van der Waals surface area contributed by atoms with Crippen molar-refractivity contribution in [3.8, 4) is 5.75 Å². The molecule has 20 heavy (non-hydrogen) atoms. The van der Waals surface area contributed by atoms with Gasteiger partial charge >= 0.3 is 0 Å². The van der Waals surface area contributed by atoms with Crippen LogP contribution in [0.4, 0.5) is 0 Å². The summed E-state index contributed by atoms with van der Waals surface area (Å²) in [6.45, 7) is 2.81. The monoisotopic (exact) mass is 269 g/mol. The number of para-hydroxylation sites is 1. The van der Waals surface area contributed by atoms with Gasteiger partial charge in [0.15, 0.2) is 0 Å². The number of hydrogen-bond donors (Lipinski definition) is 1. The summed E-state index contributed by atoms with van der Waals surface area (Å²) >= 11 is 0. The van der Waals surface area contributed by atoms with Crippen LogP contribution in [0.3, 0.4) is 0 Å². The van der Waals surface area contributed by atoms with Crippen LogP contribution in [0.2, 0.25) is 0 Å². The van der Waals surface area contributed by atoms with Crippen molar-refractivity contribution in [2.45, 2.75) is 13.5 Å². The Labute approximate surface area is 115 Å². The fourth-order valence-corrected chi connectivity index (χ4v) is 2.11. The molecular formula is C15H15N3O2. The first-order valence-electron chi connectivity index (χ1n) is 6.46. The van der Waals surface area contributed by atoms with Gasteiger partial charge < -0.3 is 9.72 Å². The minimum atomic E-state index is -0.0454. The number of ether oxygens (including phenoxy) is 1. The Hall–Kier alpha value is -2.56. The first-order chi connectivity index (χ1) is 9.74. The van der Waals surface area contributed by atoms with Crippen LogP contribution in [0, 0.1) is 6.92 Å². The molecule has 0 spiro atoms. The summed E-state index contributed by atoms with van der Waals surface area (Å²) in [7, 11) is 0. The van der Waals surface area contributed by atoms with E-state index in [-0.39, 0.29) is 5.56 Å². The molecule has 1 N–H and O–H groups in total. The maximum absolute atomic E-state index is 12.2. The predicted octanol–water partition coefficient (Wildman–Crippen LogP) is 2.11. The SMILES string of the molecule is Cc1cc2c(=O)n(CCOc3ccccc3)cnc2[nH]1. The Morgan fingerprint density at radius 1 is 1.30 bits per heavy atom.